The zero-order valence-electron chi connectivity index (χ0n) is 49.5. The Kier molecular flexibility index (Phi) is 52.5. The molecule has 434 valence electrons. The molecule has 0 aromatic rings. The summed E-state index contributed by atoms with van der Waals surface area (Å²) in [4.78, 5) is 37.7. The van der Waals surface area contributed by atoms with Gasteiger partial charge in [-0.1, -0.05) is 235 Å². The number of quaternary nitrogens is 1. The topological polar surface area (TPSA) is 111 Å². The Morgan fingerprint density at radius 2 is 0.853 bits per heavy atom. The van der Waals surface area contributed by atoms with E-state index in [1.165, 1.54) is 103 Å². The molecule has 0 aromatic carbocycles. The van der Waals surface area contributed by atoms with Gasteiger partial charge in [-0.25, -0.2) is 4.57 Å². The minimum absolute atomic E-state index is 0.0321. The van der Waals surface area contributed by atoms with Gasteiger partial charge >= 0.3 is 13.8 Å². The van der Waals surface area contributed by atoms with Gasteiger partial charge in [0, 0.05) is 12.8 Å². The Morgan fingerprint density at radius 1 is 0.480 bits per heavy atom. The Morgan fingerprint density at radius 3 is 1.29 bits per heavy atom. The molecule has 0 heterocycles. The minimum atomic E-state index is -4.46. The third-order valence-corrected chi connectivity index (χ3v) is 14.3. The van der Waals surface area contributed by atoms with Crippen molar-refractivity contribution in [3.8, 4) is 0 Å². The van der Waals surface area contributed by atoms with Crippen LogP contribution in [-0.4, -0.2) is 74.3 Å². The molecule has 3 atom stereocenters. The fourth-order valence-corrected chi connectivity index (χ4v) is 9.29. The summed E-state index contributed by atoms with van der Waals surface area (Å²) in [6.07, 6.45) is 71.5. The fraction of sp³-hybridized carbons (Fsp3) is 0.754. The van der Waals surface area contributed by atoms with E-state index < -0.39 is 20.0 Å². The van der Waals surface area contributed by atoms with Crippen LogP contribution in [0.2, 0.25) is 0 Å². The Labute approximate surface area is 463 Å². The van der Waals surface area contributed by atoms with Gasteiger partial charge in [0.2, 0.25) is 5.91 Å². The number of esters is 1. The lowest BCUT2D eigenvalue weighted by Crippen LogP contribution is -2.47. The van der Waals surface area contributed by atoms with Crippen LogP contribution in [0.1, 0.15) is 265 Å². The monoisotopic (exact) mass is 1070 g/mol. The number of hydrogen-bond donors (Lipinski definition) is 2. The molecule has 0 radical (unpaired) electrons. The lowest BCUT2D eigenvalue weighted by molar-refractivity contribution is -0.870. The maximum atomic E-state index is 13.5. The van der Waals surface area contributed by atoms with E-state index in [-0.39, 0.29) is 31.5 Å². The van der Waals surface area contributed by atoms with E-state index in [0.29, 0.717) is 23.9 Å². The number of nitrogens with one attached hydrogen (secondary N) is 1. The van der Waals surface area contributed by atoms with Crippen LogP contribution in [0.3, 0.4) is 0 Å². The highest BCUT2D eigenvalue weighted by molar-refractivity contribution is 7.47. The minimum Gasteiger partial charge on any atom is -0.456 e. The summed E-state index contributed by atoms with van der Waals surface area (Å²) in [7, 11) is 1.47. The normalized spacial score (nSPS) is 14.3. The second-order valence-electron chi connectivity index (χ2n) is 21.8. The molecule has 1 amide bonds. The maximum Gasteiger partial charge on any atom is 0.472 e. The Balaban J connectivity index is 5.31. The number of phosphoric ester groups is 1. The molecule has 9 nitrogen and oxygen atoms in total. The van der Waals surface area contributed by atoms with E-state index in [4.69, 9.17) is 13.8 Å². The second-order valence-corrected chi connectivity index (χ2v) is 23.3. The van der Waals surface area contributed by atoms with Crippen molar-refractivity contribution >= 4 is 19.7 Å². The summed E-state index contributed by atoms with van der Waals surface area (Å²) in [5.41, 5.74) is 0. The third-order valence-electron chi connectivity index (χ3n) is 13.3. The molecule has 2 N–H and O–H groups in total. The second kappa shape index (κ2) is 54.5. The average molecular weight is 1070 g/mol. The predicted octanol–water partition coefficient (Wildman–Crippen LogP) is 19.0. The van der Waals surface area contributed by atoms with Gasteiger partial charge in [0.05, 0.1) is 33.8 Å². The Hall–Kier alpha value is -2.81. The van der Waals surface area contributed by atoms with Crippen LogP contribution >= 0.6 is 7.82 Å². The molecular weight excluding hydrogens is 952 g/mol. The number of nitrogens with zero attached hydrogens (tertiary/aromatic N) is 1. The number of amides is 1. The number of carbonyl (C=O) groups excluding carboxylic acids is 2. The first-order valence-electron chi connectivity index (χ1n) is 30.9. The maximum absolute atomic E-state index is 13.5. The highest BCUT2D eigenvalue weighted by Gasteiger charge is 2.30. The van der Waals surface area contributed by atoms with Gasteiger partial charge < -0.3 is 19.4 Å². The first kappa shape index (κ1) is 72.2. The molecule has 0 aliphatic heterocycles. The van der Waals surface area contributed by atoms with E-state index in [9.17, 15) is 19.0 Å². The number of unbranched alkanes of at least 4 members (excludes halogenated alkanes) is 27. The molecule has 10 heteroatoms. The summed E-state index contributed by atoms with van der Waals surface area (Å²) in [6, 6.07) is -0.864. The standard InChI is InChI=1S/C65H117N2O7P/c1-7-10-13-16-19-22-25-28-30-32-33-34-35-36-38-40-43-46-49-52-55-58-65(69)74-63(56-53-50-47-44-41-27-24-21-18-15-12-9-3)62(61-73-75(70,71)72-60-59-67(4,5)6)66-64(68)57-54-51-48-45-42-39-37-31-29-26-23-20-17-14-11-8-2/h10,13,19,22,28,30-31,33-34,36-38,53,56,62-63H,7-9,11-12,14-18,20-21,23-27,29,32,35,39-52,54-55,57-61H2,1-6H3,(H-,66,68,70,71)/p+1/b13-10-,22-19-,30-28-,34-33-,37-31+,38-36-,56-53+. The number of carbonyl (C=O) groups is 2. The number of rotatable bonds is 55. The first-order valence-corrected chi connectivity index (χ1v) is 32.4. The van der Waals surface area contributed by atoms with Crippen molar-refractivity contribution in [3.05, 3.63) is 85.1 Å². The molecule has 75 heavy (non-hydrogen) atoms. The highest BCUT2D eigenvalue weighted by atomic mass is 31.2. The summed E-state index contributed by atoms with van der Waals surface area (Å²) >= 11 is 0. The van der Waals surface area contributed by atoms with Crippen molar-refractivity contribution in [2.45, 2.75) is 277 Å². The quantitative estimate of drug-likeness (QED) is 0.0205. The first-order chi connectivity index (χ1) is 36.4. The molecule has 0 spiro atoms. The third kappa shape index (κ3) is 55.7. The van der Waals surface area contributed by atoms with Gasteiger partial charge in [-0.15, -0.1) is 0 Å². The molecule has 0 saturated heterocycles. The van der Waals surface area contributed by atoms with Gasteiger partial charge in [0.15, 0.2) is 0 Å². The van der Waals surface area contributed by atoms with E-state index >= 15 is 0 Å². The van der Waals surface area contributed by atoms with Crippen LogP contribution < -0.4 is 5.32 Å². The summed E-state index contributed by atoms with van der Waals surface area (Å²) in [5, 5.41) is 3.04. The van der Waals surface area contributed by atoms with E-state index in [1.807, 2.05) is 33.3 Å². The van der Waals surface area contributed by atoms with Crippen LogP contribution in [0.15, 0.2) is 85.1 Å². The summed E-state index contributed by atoms with van der Waals surface area (Å²) < 4.78 is 30.7. The van der Waals surface area contributed by atoms with E-state index in [0.717, 1.165) is 122 Å². The van der Waals surface area contributed by atoms with E-state index in [1.54, 1.807) is 0 Å². The Bertz CT molecular complexity index is 1560. The fourth-order valence-electron chi connectivity index (χ4n) is 8.55. The largest absolute Gasteiger partial charge is 0.472 e. The zero-order chi connectivity index (χ0) is 55.0. The van der Waals surface area contributed by atoms with Crippen LogP contribution in [-0.2, 0) is 27.9 Å². The lowest BCUT2D eigenvalue weighted by atomic mass is 10.0. The summed E-state index contributed by atoms with van der Waals surface area (Å²) in [5.74, 6) is -0.537. The van der Waals surface area contributed by atoms with Crippen molar-refractivity contribution in [3.63, 3.8) is 0 Å². The molecule has 0 aromatic heterocycles. The van der Waals surface area contributed by atoms with Crippen molar-refractivity contribution in [1.82, 2.24) is 5.32 Å². The van der Waals surface area contributed by atoms with Gasteiger partial charge in [0.25, 0.3) is 0 Å². The SMILES string of the molecule is CC/C=C\C/C=C\C/C=C\C/C=C\C/C=C\CCCCCCCC(=O)OC(/C=C/CCCCCCCCCCCC)C(COP(=O)(O)OCC[N+](C)(C)C)NC(=O)CCCCCCC/C=C/CCCCCCCCC. The van der Waals surface area contributed by atoms with Crippen LogP contribution in [0.25, 0.3) is 0 Å². The van der Waals surface area contributed by atoms with Crippen LogP contribution in [0.4, 0.5) is 0 Å². The summed E-state index contributed by atoms with van der Waals surface area (Å²) in [6.45, 7) is 6.88. The molecule has 0 fully saturated rings. The predicted molar refractivity (Wildman–Crippen MR) is 323 cm³/mol. The van der Waals surface area contributed by atoms with Crippen LogP contribution in [0.5, 0.6) is 0 Å². The zero-order valence-corrected chi connectivity index (χ0v) is 50.4. The van der Waals surface area contributed by atoms with Gasteiger partial charge in [-0.3, -0.25) is 18.6 Å². The van der Waals surface area contributed by atoms with Crippen molar-refractivity contribution in [1.29, 1.82) is 0 Å². The molecule has 0 saturated carbocycles. The molecule has 0 aliphatic rings. The molecule has 3 unspecified atom stereocenters. The van der Waals surface area contributed by atoms with Gasteiger partial charge in [-0.05, 0) is 102 Å². The molecule has 0 bridgehead atoms. The molecular formula is C65H118N2O7P+. The van der Waals surface area contributed by atoms with Crippen molar-refractivity contribution in [2.24, 2.45) is 0 Å². The number of hydrogen-bond acceptors (Lipinski definition) is 6. The lowest BCUT2D eigenvalue weighted by Gasteiger charge is -2.27. The number of phosphoric acid groups is 1. The highest BCUT2D eigenvalue weighted by Crippen LogP contribution is 2.43. The van der Waals surface area contributed by atoms with E-state index in [2.05, 4.69) is 99.0 Å². The van der Waals surface area contributed by atoms with Gasteiger partial charge in [0.1, 0.15) is 19.3 Å². The number of ether oxygens (including phenoxy) is 1. The smallest absolute Gasteiger partial charge is 0.456 e. The van der Waals surface area contributed by atoms with Crippen molar-refractivity contribution in [2.75, 3.05) is 40.9 Å². The average Bonchev–Trinajstić information content (AvgIpc) is 3.37. The van der Waals surface area contributed by atoms with Crippen LogP contribution in [0, 0.1) is 0 Å². The number of allylic oxidation sites excluding steroid dienone is 13. The van der Waals surface area contributed by atoms with Gasteiger partial charge in [-0.2, -0.15) is 0 Å². The van der Waals surface area contributed by atoms with Crippen molar-refractivity contribution < 1.29 is 37.3 Å². The molecule has 0 rings (SSSR count). The molecule has 0 aliphatic carbocycles. The number of likely N-dealkylation sites (N-methyl/N-ethyl adjacent to an activating group) is 1.